The van der Waals surface area contributed by atoms with Crippen molar-refractivity contribution in [3.05, 3.63) is 35.7 Å². The Kier molecular flexibility index (Phi) is 4.53. The Labute approximate surface area is 140 Å². The maximum Gasteiger partial charge on any atom is 0.232 e. The van der Waals surface area contributed by atoms with Crippen molar-refractivity contribution in [3.8, 4) is 0 Å². The van der Waals surface area contributed by atoms with E-state index in [0.29, 0.717) is 22.7 Å². The summed E-state index contributed by atoms with van der Waals surface area (Å²) in [5, 5.41) is 11.3. The molecule has 8 nitrogen and oxygen atoms in total. The van der Waals surface area contributed by atoms with Gasteiger partial charge in [-0.2, -0.15) is 15.0 Å². The lowest BCUT2D eigenvalue weighted by atomic mass is 10.2. The highest BCUT2D eigenvalue weighted by Crippen LogP contribution is 2.26. The van der Waals surface area contributed by atoms with Crippen molar-refractivity contribution >= 4 is 45.8 Å². The molecule has 0 aliphatic rings. The molecular weight excluding hydrogens is 332 g/mol. The zero-order valence-corrected chi connectivity index (χ0v) is 13.9. The van der Waals surface area contributed by atoms with Crippen LogP contribution in [0.4, 0.5) is 22.7 Å². The minimum absolute atomic E-state index is 0.169. The van der Waals surface area contributed by atoms with Crippen LogP contribution in [0.2, 0.25) is 0 Å². The largest absolute Gasteiger partial charge is 0.374 e. The molecule has 3 aromatic rings. The van der Waals surface area contributed by atoms with Gasteiger partial charge in [0.25, 0.3) is 0 Å². The van der Waals surface area contributed by atoms with Crippen LogP contribution in [0.25, 0.3) is 0 Å². The number of nitrogen functional groups attached to an aromatic ring is 2. The van der Waals surface area contributed by atoms with Gasteiger partial charge in [0, 0.05) is 5.69 Å². The van der Waals surface area contributed by atoms with Crippen LogP contribution >= 0.6 is 23.1 Å². The number of anilines is 4. The lowest BCUT2D eigenvalue weighted by Gasteiger charge is -2.07. The molecular formula is C13H14N8S2. The van der Waals surface area contributed by atoms with Gasteiger partial charge in [-0.05, 0) is 19.1 Å². The molecule has 5 N–H and O–H groups in total. The second-order valence-electron chi connectivity index (χ2n) is 4.62. The number of nitrogens with one attached hydrogen (secondary N) is 1. The molecule has 118 valence electrons. The third-order valence-corrected chi connectivity index (χ3v) is 4.64. The molecule has 0 amide bonds. The molecule has 23 heavy (non-hydrogen) atoms. The van der Waals surface area contributed by atoms with Crippen molar-refractivity contribution in [1.82, 2.24) is 25.1 Å². The molecule has 0 saturated heterocycles. The molecule has 0 fully saturated rings. The fraction of sp³-hybridized carbons (Fsp3) is 0.154. The van der Waals surface area contributed by atoms with Crippen molar-refractivity contribution in [3.63, 3.8) is 0 Å². The first-order valence-electron chi connectivity index (χ1n) is 6.64. The Morgan fingerprint density at radius 1 is 1.09 bits per heavy atom. The molecule has 0 spiro atoms. The summed E-state index contributed by atoms with van der Waals surface area (Å²) in [6.45, 7) is 2.03. The van der Waals surface area contributed by atoms with E-state index in [9.17, 15) is 0 Å². The van der Waals surface area contributed by atoms with E-state index in [1.807, 2.05) is 31.2 Å². The van der Waals surface area contributed by atoms with Gasteiger partial charge in [0.05, 0.1) is 5.75 Å². The van der Waals surface area contributed by atoms with E-state index >= 15 is 0 Å². The normalized spacial score (nSPS) is 10.7. The second-order valence-corrected chi connectivity index (χ2v) is 6.85. The zero-order chi connectivity index (χ0) is 16.2. The van der Waals surface area contributed by atoms with E-state index in [1.54, 1.807) is 0 Å². The number of thioether (sulfide) groups is 1. The van der Waals surface area contributed by atoms with Crippen LogP contribution in [0.1, 0.15) is 11.4 Å². The summed E-state index contributed by atoms with van der Waals surface area (Å²) in [7, 11) is 0. The van der Waals surface area contributed by atoms with E-state index in [2.05, 4.69) is 30.5 Å². The molecule has 0 aliphatic carbocycles. The monoisotopic (exact) mass is 346 g/mol. The lowest BCUT2D eigenvalue weighted by molar-refractivity contribution is 0.976. The summed E-state index contributed by atoms with van der Waals surface area (Å²) in [4.78, 5) is 12.6. The number of aryl methyl sites for hydroxylation is 1. The molecule has 1 aromatic carbocycles. The maximum atomic E-state index is 5.75. The molecule has 0 saturated carbocycles. The maximum absolute atomic E-state index is 5.75. The summed E-state index contributed by atoms with van der Waals surface area (Å²) in [6.07, 6.45) is 0. The van der Waals surface area contributed by atoms with Gasteiger partial charge in [0.1, 0.15) is 5.82 Å². The molecule has 0 unspecified atom stereocenters. The van der Waals surface area contributed by atoms with Crippen LogP contribution in [0.15, 0.2) is 28.6 Å². The number of nitrogens with zero attached hydrogens (tertiary/aromatic N) is 5. The Morgan fingerprint density at radius 3 is 2.57 bits per heavy atom. The number of hydrogen-bond acceptors (Lipinski definition) is 10. The first-order valence-corrected chi connectivity index (χ1v) is 8.44. The molecule has 0 bridgehead atoms. The van der Waals surface area contributed by atoms with Crippen molar-refractivity contribution in [1.29, 1.82) is 0 Å². The predicted octanol–water partition coefficient (Wildman–Crippen LogP) is 2.23. The minimum atomic E-state index is 0.169. The van der Waals surface area contributed by atoms with Gasteiger partial charge in [-0.3, -0.25) is 0 Å². The van der Waals surface area contributed by atoms with Gasteiger partial charge in [0.2, 0.25) is 17.0 Å². The molecule has 0 radical (unpaired) electrons. The van der Waals surface area contributed by atoms with Crippen LogP contribution < -0.4 is 16.8 Å². The Balaban J connectivity index is 1.72. The van der Waals surface area contributed by atoms with Gasteiger partial charge >= 0.3 is 0 Å². The van der Waals surface area contributed by atoms with Gasteiger partial charge in [-0.15, -0.1) is 10.2 Å². The molecule has 2 aromatic heterocycles. The summed E-state index contributed by atoms with van der Waals surface area (Å²) in [5.41, 5.74) is 13.4. The van der Waals surface area contributed by atoms with E-state index in [4.69, 9.17) is 11.5 Å². The minimum Gasteiger partial charge on any atom is -0.374 e. The first kappa shape index (κ1) is 15.4. The molecule has 0 atom stereocenters. The van der Waals surface area contributed by atoms with Gasteiger partial charge in [-0.1, -0.05) is 40.8 Å². The predicted molar refractivity (Wildman–Crippen MR) is 92.6 cm³/mol. The standard InChI is InChI=1S/C13H14N8S2/c1-7-2-4-8(5-3-7)16-12-18-9(17-10(14)19-12)6-22-13-21-20-11(15)23-13/h2-5H,6H2,1H3,(H2,15,20)(H3,14,16,17,18,19). The summed E-state index contributed by atoms with van der Waals surface area (Å²) >= 11 is 2.77. The van der Waals surface area contributed by atoms with Crippen LogP contribution in [0.5, 0.6) is 0 Å². The first-order chi connectivity index (χ1) is 11.1. The Morgan fingerprint density at radius 2 is 1.87 bits per heavy atom. The van der Waals surface area contributed by atoms with Crippen LogP contribution in [-0.4, -0.2) is 25.1 Å². The fourth-order valence-corrected chi connectivity index (χ4v) is 3.22. The lowest BCUT2D eigenvalue weighted by Crippen LogP contribution is -2.06. The fourth-order valence-electron chi connectivity index (χ4n) is 1.73. The summed E-state index contributed by atoms with van der Waals surface area (Å²) in [5.74, 6) is 1.64. The van der Waals surface area contributed by atoms with Crippen molar-refractivity contribution in [2.45, 2.75) is 17.0 Å². The summed E-state index contributed by atoms with van der Waals surface area (Å²) in [6, 6.07) is 7.91. The van der Waals surface area contributed by atoms with Crippen LogP contribution in [0, 0.1) is 6.92 Å². The van der Waals surface area contributed by atoms with Crippen molar-refractivity contribution in [2.24, 2.45) is 0 Å². The van der Waals surface area contributed by atoms with Crippen molar-refractivity contribution < 1.29 is 0 Å². The van der Waals surface area contributed by atoms with E-state index in [-0.39, 0.29) is 5.95 Å². The highest BCUT2D eigenvalue weighted by molar-refractivity contribution is 8.00. The Bertz CT molecular complexity index is 802. The third kappa shape index (κ3) is 4.27. The van der Waals surface area contributed by atoms with E-state index in [1.165, 1.54) is 28.7 Å². The van der Waals surface area contributed by atoms with Gasteiger partial charge in [-0.25, -0.2) is 0 Å². The molecule has 3 rings (SSSR count). The van der Waals surface area contributed by atoms with Gasteiger partial charge in [0.15, 0.2) is 4.34 Å². The zero-order valence-electron chi connectivity index (χ0n) is 12.2. The smallest absolute Gasteiger partial charge is 0.232 e. The highest BCUT2D eigenvalue weighted by atomic mass is 32.2. The highest BCUT2D eigenvalue weighted by Gasteiger charge is 2.08. The number of rotatable bonds is 5. The quantitative estimate of drug-likeness (QED) is 0.595. The van der Waals surface area contributed by atoms with Crippen LogP contribution in [0.3, 0.4) is 0 Å². The second kappa shape index (κ2) is 6.75. The number of hydrogen-bond donors (Lipinski definition) is 3. The summed E-state index contributed by atoms with van der Waals surface area (Å²) < 4.78 is 0.759. The molecule has 0 aliphatic heterocycles. The average molecular weight is 346 g/mol. The number of nitrogens with two attached hydrogens (primary N) is 2. The SMILES string of the molecule is Cc1ccc(Nc2nc(N)nc(CSc3nnc(N)s3)n2)cc1. The van der Waals surface area contributed by atoms with E-state index in [0.717, 1.165) is 10.0 Å². The average Bonchev–Trinajstić information content (AvgIpc) is 2.93. The number of aromatic nitrogens is 5. The van der Waals surface area contributed by atoms with E-state index < -0.39 is 0 Å². The van der Waals surface area contributed by atoms with Gasteiger partial charge < -0.3 is 16.8 Å². The van der Waals surface area contributed by atoms with Crippen molar-refractivity contribution in [2.75, 3.05) is 16.8 Å². The third-order valence-electron chi connectivity index (χ3n) is 2.75. The Hall–Kier alpha value is -2.46. The molecule has 10 heteroatoms. The number of benzene rings is 1. The topological polar surface area (TPSA) is 129 Å². The van der Waals surface area contributed by atoms with Crippen LogP contribution in [-0.2, 0) is 5.75 Å². The molecule has 2 heterocycles.